The first kappa shape index (κ1) is 17.9. The number of hydrogen-bond acceptors (Lipinski definition) is 3. The van der Waals surface area contributed by atoms with Crippen LogP contribution < -0.4 is 5.32 Å². The molecule has 0 aliphatic carbocycles. The van der Waals surface area contributed by atoms with E-state index in [1.807, 2.05) is 0 Å². The zero-order chi connectivity index (χ0) is 14.0. The Balaban J connectivity index is 4.13. The molecule has 0 aliphatic rings. The highest BCUT2D eigenvalue weighted by Crippen LogP contribution is 2.26. The molecule has 0 aromatic heterocycles. The van der Waals surface area contributed by atoms with Gasteiger partial charge < -0.3 is 15.0 Å². The summed E-state index contributed by atoms with van der Waals surface area (Å²) in [7, 11) is 2.20. The minimum absolute atomic E-state index is 0.335. The van der Waals surface area contributed by atoms with Crippen molar-refractivity contribution in [1.82, 2.24) is 10.2 Å². The summed E-state index contributed by atoms with van der Waals surface area (Å²) in [5.41, 5.74) is 0.405. The molecule has 0 fully saturated rings. The standard InChI is InChI=1S/C15H34N2O/c1-7-15(8-2,12-16-9-3)13-17(6)10-11-18-14(4)5/h14,16H,7-13H2,1-6H3. The van der Waals surface area contributed by atoms with E-state index in [2.05, 4.69) is 51.9 Å². The molecule has 110 valence electrons. The minimum Gasteiger partial charge on any atom is -0.377 e. The molecule has 0 saturated carbocycles. The van der Waals surface area contributed by atoms with Gasteiger partial charge in [-0.25, -0.2) is 0 Å². The highest BCUT2D eigenvalue weighted by molar-refractivity contribution is 4.82. The Hall–Kier alpha value is -0.120. The molecule has 0 heterocycles. The third kappa shape index (κ3) is 7.34. The van der Waals surface area contributed by atoms with Gasteiger partial charge in [-0.05, 0) is 45.7 Å². The molecule has 0 spiro atoms. The lowest BCUT2D eigenvalue weighted by Gasteiger charge is -2.36. The van der Waals surface area contributed by atoms with Crippen molar-refractivity contribution in [3.05, 3.63) is 0 Å². The van der Waals surface area contributed by atoms with Gasteiger partial charge in [-0.15, -0.1) is 0 Å². The SMILES string of the molecule is CCNCC(CC)(CC)CN(C)CCOC(C)C. The molecule has 1 N–H and O–H groups in total. The van der Waals surface area contributed by atoms with E-state index in [4.69, 9.17) is 4.74 Å². The van der Waals surface area contributed by atoms with E-state index in [1.54, 1.807) is 0 Å². The predicted octanol–water partition coefficient (Wildman–Crippen LogP) is 2.76. The number of likely N-dealkylation sites (N-methyl/N-ethyl adjacent to an activating group) is 1. The van der Waals surface area contributed by atoms with Crippen LogP contribution in [0.1, 0.15) is 47.5 Å². The second-order valence-electron chi connectivity index (χ2n) is 5.64. The van der Waals surface area contributed by atoms with Crippen LogP contribution in [0.15, 0.2) is 0 Å². The molecule has 0 rings (SSSR count). The lowest BCUT2D eigenvalue weighted by Crippen LogP contribution is -2.43. The molecule has 0 unspecified atom stereocenters. The van der Waals surface area contributed by atoms with Crippen LogP contribution in [0.3, 0.4) is 0 Å². The Morgan fingerprint density at radius 2 is 1.78 bits per heavy atom. The quantitative estimate of drug-likeness (QED) is 0.617. The van der Waals surface area contributed by atoms with Gasteiger partial charge in [-0.1, -0.05) is 20.8 Å². The number of nitrogens with zero attached hydrogens (tertiary/aromatic N) is 1. The monoisotopic (exact) mass is 258 g/mol. The van der Waals surface area contributed by atoms with Crippen LogP contribution in [-0.4, -0.2) is 50.8 Å². The van der Waals surface area contributed by atoms with Gasteiger partial charge in [0.05, 0.1) is 12.7 Å². The summed E-state index contributed by atoms with van der Waals surface area (Å²) in [6.45, 7) is 16.1. The van der Waals surface area contributed by atoms with E-state index < -0.39 is 0 Å². The smallest absolute Gasteiger partial charge is 0.0596 e. The molecule has 0 aromatic carbocycles. The van der Waals surface area contributed by atoms with Crippen LogP contribution in [0.25, 0.3) is 0 Å². The van der Waals surface area contributed by atoms with E-state index in [9.17, 15) is 0 Å². The lowest BCUT2D eigenvalue weighted by molar-refractivity contribution is 0.0527. The molecule has 3 heteroatoms. The molecular formula is C15H34N2O. The first-order valence-electron chi connectivity index (χ1n) is 7.50. The number of hydrogen-bond donors (Lipinski definition) is 1. The van der Waals surface area contributed by atoms with Crippen LogP contribution in [0, 0.1) is 5.41 Å². The first-order valence-corrected chi connectivity index (χ1v) is 7.50. The van der Waals surface area contributed by atoms with Crippen LogP contribution in [0.5, 0.6) is 0 Å². The largest absolute Gasteiger partial charge is 0.377 e. The average Bonchev–Trinajstić information content (AvgIpc) is 2.34. The van der Waals surface area contributed by atoms with Crippen molar-refractivity contribution >= 4 is 0 Å². The summed E-state index contributed by atoms with van der Waals surface area (Å²) < 4.78 is 5.62. The van der Waals surface area contributed by atoms with Crippen molar-refractivity contribution < 1.29 is 4.74 Å². The molecule has 3 nitrogen and oxygen atoms in total. The number of nitrogens with one attached hydrogen (secondary N) is 1. The van der Waals surface area contributed by atoms with E-state index in [-0.39, 0.29) is 0 Å². The van der Waals surface area contributed by atoms with Crippen molar-refractivity contribution in [2.45, 2.75) is 53.6 Å². The van der Waals surface area contributed by atoms with Crippen molar-refractivity contribution in [2.24, 2.45) is 5.41 Å². The Morgan fingerprint density at radius 1 is 1.17 bits per heavy atom. The third-order valence-electron chi connectivity index (χ3n) is 3.78. The summed E-state index contributed by atoms with van der Waals surface area (Å²) in [5, 5.41) is 3.51. The molecule has 0 amide bonds. The summed E-state index contributed by atoms with van der Waals surface area (Å²) in [5.74, 6) is 0. The lowest BCUT2D eigenvalue weighted by atomic mass is 9.81. The van der Waals surface area contributed by atoms with Gasteiger partial charge in [-0.3, -0.25) is 0 Å². The Morgan fingerprint density at radius 3 is 2.22 bits per heavy atom. The molecule has 0 aliphatic heterocycles. The number of ether oxygens (including phenoxy) is 1. The molecule has 0 radical (unpaired) electrons. The molecule has 0 aromatic rings. The zero-order valence-corrected chi connectivity index (χ0v) is 13.4. The maximum Gasteiger partial charge on any atom is 0.0596 e. The average molecular weight is 258 g/mol. The van der Waals surface area contributed by atoms with Gasteiger partial charge in [0, 0.05) is 19.6 Å². The first-order chi connectivity index (χ1) is 8.49. The van der Waals surface area contributed by atoms with Crippen molar-refractivity contribution in [3.8, 4) is 0 Å². The number of rotatable bonds is 11. The van der Waals surface area contributed by atoms with Crippen LogP contribution in [-0.2, 0) is 4.74 Å². The Bertz CT molecular complexity index is 191. The summed E-state index contributed by atoms with van der Waals surface area (Å²) >= 11 is 0. The maximum atomic E-state index is 5.62. The second kappa shape index (κ2) is 9.76. The fraction of sp³-hybridized carbons (Fsp3) is 1.00. The highest BCUT2D eigenvalue weighted by Gasteiger charge is 2.26. The van der Waals surface area contributed by atoms with Crippen LogP contribution >= 0.6 is 0 Å². The Kier molecular flexibility index (Phi) is 9.70. The fourth-order valence-corrected chi connectivity index (χ4v) is 2.27. The zero-order valence-electron chi connectivity index (χ0n) is 13.4. The highest BCUT2D eigenvalue weighted by atomic mass is 16.5. The van der Waals surface area contributed by atoms with Crippen molar-refractivity contribution in [1.29, 1.82) is 0 Å². The topological polar surface area (TPSA) is 24.5 Å². The van der Waals surface area contributed by atoms with E-state index in [0.29, 0.717) is 11.5 Å². The van der Waals surface area contributed by atoms with Crippen LogP contribution in [0.2, 0.25) is 0 Å². The summed E-state index contributed by atoms with van der Waals surface area (Å²) in [4.78, 5) is 2.41. The molecular weight excluding hydrogens is 224 g/mol. The van der Waals surface area contributed by atoms with Crippen molar-refractivity contribution in [3.63, 3.8) is 0 Å². The third-order valence-corrected chi connectivity index (χ3v) is 3.78. The van der Waals surface area contributed by atoms with Gasteiger partial charge in [0.2, 0.25) is 0 Å². The molecule has 0 saturated heterocycles. The normalized spacial score (nSPS) is 12.7. The van der Waals surface area contributed by atoms with Gasteiger partial charge in [0.25, 0.3) is 0 Å². The van der Waals surface area contributed by atoms with Gasteiger partial charge in [-0.2, -0.15) is 0 Å². The minimum atomic E-state index is 0.335. The van der Waals surface area contributed by atoms with Crippen molar-refractivity contribution in [2.75, 3.05) is 39.8 Å². The van der Waals surface area contributed by atoms with E-state index >= 15 is 0 Å². The van der Waals surface area contributed by atoms with E-state index in [0.717, 1.165) is 32.8 Å². The molecule has 18 heavy (non-hydrogen) atoms. The maximum absolute atomic E-state index is 5.62. The predicted molar refractivity (Wildman–Crippen MR) is 80.1 cm³/mol. The summed E-state index contributed by atoms with van der Waals surface area (Å²) in [6, 6.07) is 0. The summed E-state index contributed by atoms with van der Waals surface area (Å²) in [6.07, 6.45) is 2.79. The molecule has 0 atom stereocenters. The van der Waals surface area contributed by atoms with Crippen LogP contribution in [0.4, 0.5) is 0 Å². The Labute approximate surface area is 114 Å². The van der Waals surface area contributed by atoms with Gasteiger partial charge >= 0.3 is 0 Å². The van der Waals surface area contributed by atoms with Gasteiger partial charge in [0.1, 0.15) is 0 Å². The second-order valence-corrected chi connectivity index (χ2v) is 5.64. The molecule has 0 bridgehead atoms. The van der Waals surface area contributed by atoms with Gasteiger partial charge in [0.15, 0.2) is 0 Å². The fourth-order valence-electron chi connectivity index (χ4n) is 2.27. The van der Waals surface area contributed by atoms with E-state index in [1.165, 1.54) is 12.8 Å².